The molecule has 0 aliphatic carbocycles. The number of amides is 1. The van der Waals surface area contributed by atoms with Crippen molar-refractivity contribution in [3.05, 3.63) is 86.7 Å². The minimum atomic E-state index is -1.07. The Balaban J connectivity index is 1.63. The van der Waals surface area contributed by atoms with Gasteiger partial charge in [-0.25, -0.2) is 13.8 Å². The highest BCUT2D eigenvalue weighted by atomic mass is 19.2. The fraction of sp³-hybridized carbons (Fsp3) is 0.182. The van der Waals surface area contributed by atoms with Gasteiger partial charge in [0.05, 0.1) is 18.2 Å². The van der Waals surface area contributed by atoms with Crippen molar-refractivity contribution in [2.75, 3.05) is 7.11 Å². The fourth-order valence-electron chi connectivity index (χ4n) is 3.26. The summed E-state index contributed by atoms with van der Waals surface area (Å²) in [4.78, 5) is 29.4. The number of rotatable bonds is 6. The summed E-state index contributed by atoms with van der Waals surface area (Å²) in [5, 5.41) is 17.1. The molecular formula is C22H18F2N4O5. The molecule has 0 saturated heterocycles. The number of hydrogen-bond donors (Lipinski definition) is 2. The van der Waals surface area contributed by atoms with Gasteiger partial charge in [-0.05, 0) is 36.2 Å². The average Bonchev–Trinajstić information content (AvgIpc) is 3.27. The first kappa shape index (κ1) is 21.9. The summed E-state index contributed by atoms with van der Waals surface area (Å²) < 4.78 is 38.1. The van der Waals surface area contributed by atoms with E-state index in [-0.39, 0.29) is 47.0 Å². The lowest BCUT2D eigenvalue weighted by atomic mass is 10.0. The second-order valence-electron chi connectivity index (χ2n) is 7.20. The first-order valence-electron chi connectivity index (χ1n) is 9.73. The van der Waals surface area contributed by atoms with E-state index in [0.29, 0.717) is 11.4 Å². The van der Waals surface area contributed by atoms with Crippen molar-refractivity contribution in [2.45, 2.75) is 19.9 Å². The maximum absolute atomic E-state index is 13.5. The lowest BCUT2D eigenvalue weighted by molar-refractivity contribution is 0.0917. The summed E-state index contributed by atoms with van der Waals surface area (Å²) in [7, 11) is 1.47. The zero-order valence-corrected chi connectivity index (χ0v) is 17.6. The molecule has 0 unspecified atom stereocenters. The van der Waals surface area contributed by atoms with E-state index in [1.807, 2.05) is 0 Å². The molecule has 4 rings (SSSR count). The molecule has 4 aromatic rings. The molecule has 0 fully saturated rings. The van der Waals surface area contributed by atoms with E-state index in [1.165, 1.54) is 26.3 Å². The topological polar surface area (TPSA) is 119 Å². The molecule has 3 aromatic heterocycles. The summed E-state index contributed by atoms with van der Waals surface area (Å²) in [5.74, 6) is -3.16. The lowest BCUT2D eigenvalue weighted by Gasteiger charge is -2.07. The number of benzene rings is 1. The Kier molecular flexibility index (Phi) is 5.78. The van der Waals surface area contributed by atoms with E-state index in [9.17, 15) is 23.5 Å². The largest absolute Gasteiger partial charge is 0.507 e. The number of aromatic hydroxyl groups is 1. The number of aryl methyl sites for hydroxylation is 1. The van der Waals surface area contributed by atoms with E-state index < -0.39 is 23.1 Å². The van der Waals surface area contributed by atoms with Crippen molar-refractivity contribution in [2.24, 2.45) is 0 Å². The standard InChI is InChI=1S/C22H18F2N4O5/c1-11-18(29)14(7-12-3-4-15(23)16(24)8-12)21(31)28-22(11)33-20(27-28)19(30)26-10-13-5-6-25-17(9-13)32-2/h3-6,8-9,29H,7,10H2,1-2H3,(H,26,30). The Morgan fingerprint density at radius 3 is 2.73 bits per heavy atom. The first-order chi connectivity index (χ1) is 15.8. The highest BCUT2D eigenvalue weighted by Crippen LogP contribution is 2.26. The molecule has 2 N–H and O–H groups in total. The molecule has 0 spiro atoms. The molecule has 9 nitrogen and oxygen atoms in total. The fourth-order valence-corrected chi connectivity index (χ4v) is 3.26. The van der Waals surface area contributed by atoms with Crippen molar-refractivity contribution < 1.29 is 27.8 Å². The zero-order chi connectivity index (χ0) is 23.7. The van der Waals surface area contributed by atoms with E-state index >= 15 is 0 Å². The molecule has 0 aliphatic rings. The monoisotopic (exact) mass is 456 g/mol. The molecule has 3 heterocycles. The van der Waals surface area contributed by atoms with Gasteiger partial charge in [-0.2, -0.15) is 4.52 Å². The molecule has 0 saturated carbocycles. The normalized spacial score (nSPS) is 11.0. The molecule has 0 aliphatic heterocycles. The molecule has 1 aromatic carbocycles. The summed E-state index contributed by atoms with van der Waals surface area (Å²) in [6.07, 6.45) is 1.35. The number of carbonyl (C=O) groups is 1. The van der Waals surface area contributed by atoms with Gasteiger partial charge in [0.25, 0.3) is 5.56 Å². The quantitative estimate of drug-likeness (QED) is 0.458. The molecule has 33 heavy (non-hydrogen) atoms. The van der Waals surface area contributed by atoms with Crippen LogP contribution in [0.5, 0.6) is 11.6 Å². The van der Waals surface area contributed by atoms with Crippen LogP contribution in [-0.2, 0) is 13.0 Å². The number of nitrogens with one attached hydrogen (secondary N) is 1. The summed E-state index contributed by atoms with van der Waals surface area (Å²) in [5.41, 5.74) is 0.195. The number of pyridine rings is 2. The lowest BCUT2D eigenvalue weighted by Crippen LogP contribution is -2.24. The van der Waals surface area contributed by atoms with Crippen LogP contribution < -0.4 is 15.6 Å². The van der Waals surface area contributed by atoms with Crippen LogP contribution in [0.15, 0.2) is 45.7 Å². The number of halogens is 2. The van der Waals surface area contributed by atoms with Gasteiger partial charge in [-0.3, -0.25) is 9.59 Å². The first-order valence-corrected chi connectivity index (χ1v) is 9.73. The molecule has 0 radical (unpaired) electrons. The highest BCUT2D eigenvalue weighted by Gasteiger charge is 2.23. The van der Waals surface area contributed by atoms with Gasteiger partial charge in [-0.15, -0.1) is 5.10 Å². The Bertz CT molecular complexity index is 1430. The Hall–Kier alpha value is -4.28. The second-order valence-corrected chi connectivity index (χ2v) is 7.20. The Labute approximate surface area is 185 Å². The third-order valence-corrected chi connectivity index (χ3v) is 5.01. The van der Waals surface area contributed by atoms with Crippen molar-refractivity contribution >= 4 is 11.6 Å². The smallest absolute Gasteiger partial charge is 0.309 e. The number of carbonyl (C=O) groups excluding carboxylic acids is 1. The average molecular weight is 456 g/mol. The minimum Gasteiger partial charge on any atom is -0.507 e. The van der Waals surface area contributed by atoms with Crippen molar-refractivity contribution in [3.63, 3.8) is 0 Å². The van der Waals surface area contributed by atoms with Crippen molar-refractivity contribution in [1.82, 2.24) is 19.9 Å². The number of ether oxygens (including phenoxy) is 1. The van der Waals surface area contributed by atoms with Gasteiger partial charge in [0.2, 0.25) is 11.6 Å². The molecule has 1 amide bonds. The second kappa shape index (κ2) is 8.69. The molecule has 170 valence electrons. The summed E-state index contributed by atoms with van der Waals surface area (Å²) in [6.45, 7) is 1.60. The highest BCUT2D eigenvalue weighted by molar-refractivity contribution is 5.89. The number of nitrogens with zero attached hydrogens (tertiary/aromatic N) is 3. The number of methoxy groups -OCH3 is 1. The summed E-state index contributed by atoms with van der Waals surface area (Å²) in [6, 6.07) is 6.50. The van der Waals surface area contributed by atoms with Gasteiger partial charge < -0.3 is 19.6 Å². The van der Waals surface area contributed by atoms with Gasteiger partial charge in [0.15, 0.2) is 11.6 Å². The van der Waals surface area contributed by atoms with Crippen molar-refractivity contribution in [3.8, 4) is 11.6 Å². The number of aromatic nitrogens is 3. The van der Waals surface area contributed by atoms with Gasteiger partial charge in [0, 0.05) is 25.2 Å². The van der Waals surface area contributed by atoms with Crippen LogP contribution in [0.25, 0.3) is 5.71 Å². The predicted octanol–water partition coefficient (Wildman–Crippen LogP) is 2.50. The number of hydrogen-bond acceptors (Lipinski definition) is 7. The molecule has 11 heteroatoms. The Morgan fingerprint density at radius 2 is 2.00 bits per heavy atom. The molecule has 0 bridgehead atoms. The number of fused-ring (bicyclic) bond motifs is 1. The van der Waals surface area contributed by atoms with E-state index in [4.69, 9.17) is 9.15 Å². The van der Waals surface area contributed by atoms with Gasteiger partial charge in [-0.1, -0.05) is 6.07 Å². The van der Waals surface area contributed by atoms with Crippen LogP contribution in [0, 0.1) is 18.6 Å². The Morgan fingerprint density at radius 1 is 1.21 bits per heavy atom. The SMILES string of the molecule is COc1cc(CNC(=O)c2nn3c(=O)c(Cc4ccc(F)c(F)c4)c(O)c(C)c3o2)ccn1. The van der Waals surface area contributed by atoms with Gasteiger partial charge >= 0.3 is 11.8 Å². The van der Waals surface area contributed by atoms with Crippen LogP contribution in [-0.4, -0.2) is 32.7 Å². The van der Waals surface area contributed by atoms with E-state index in [0.717, 1.165) is 16.6 Å². The third-order valence-electron chi connectivity index (χ3n) is 5.01. The molecule has 0 atom stereocenters. The van der Waals surface area contributed by atoms with E-state index in [1.54, 1.807) is 12.1 Å². The molecular weight excluding hydrogens is 438 g/mol. The van der Waals surface area contributed by atoms with Crippen molar-refractivity contribution in [1.29, 1.82) is 0 Å². The summed E-state index contributed by atoms with van der Waals surface area (Å²) >= 11 is 0. The maximum Gasteiger partial charge on any atom is 0.309 e. The zero-order valence-electron chi connectivity index (χ0n) is 17.6. The van der Waals surface area contributed by atoms with E-state index in [2.05, 4.69) is 15.4 Å². The minimum absolute atomic E-state index is 0.0971. The van der Waals surface area contributed by atoms with Crippen LogP contribution in [0.4, 0.5) is 8.78 Å². The van der Waals surface area contributed by atoms with Crippen LogP contribution in [0.2, 0.25) is 0 Å². The third kappa shape index (κ3) is 4.25. The van der Waals surface area contributed by atoms with Crippen LogP contribution in [0.1, 0.15) is 32.9 Å². The van der Waals surface area contributed by atoms with Gasteiger partial charge in [0.1, 0.15) is 5.75 Å². The predicted molar refractivity (Wildman–Crippen MR) is 111 cm³/mol. The maximum atomic E-state index is 13.5. The van der Waals surface area contributed by atoms with Crippen LogP contribution in [0.3, 0.4) is 0 Å². The van der Waals surface area contributed by atoms with Crippen LogP contribution >= 0.6 is 0 Å².